The van der Waals surface area contributed by atoms with Crippen molar-refractivity contribution < 1.29 is 4.42 Å². The van der Waals surface area contributed by atoms with Crippen LogP contribution < -0.4 is 5.32 Å². The highest BCUT2D eigenvalue weighted by Crippen LogP contribution is 2.28. The molecular formula is C7H11N3O. The second-order valence-electron chi connectivity index (χ2n) is 2.95. The van der Waals surface area contributed by atoms with Crippen LogP contribution in [0.4, 0.5) is 6.01 Å². The molecule has 1 fully saturated rings. The molecule has 0 amide bonds. The fourth-order valence-electron chi connectivity index (χ4n) is 0.922. The van der Waals surface area contributed by atoms with Crippen molar-refractivity contribution in [3.05, 3.63) is 5.89 Å². The zero-order chi connectivity index (χ0) is 7.68. The van der Waals surface area contributed by atoms with Crippen molar-refractivity contribution in [1.29, 1.82) is 0 Å². The first-order valence-electron chi connectivity index (χ1n) is 3.88. The molecule has 0 saturated heterocycles. The van der Waals surface area contributed by atoms with Crippen LogP contribution in [0, 0.1) is 12.8 Å². The van der Waals surface area contributed by atoms with E-state index in [2.05, 4.69) is 15.5 Å². The first-order valence-corrected chi connectivity index (χ1v) is 3.88. The molecule has 0 spiro atoms. The summed E-state index contributed by atoms with van der Waals surface area (Å²) in [6, 6.07) is 0.550. The molecule has 0 bridgehead atoms. The molecular weight excluding hydrogens is 142 g/mol. The van der Waals surface area contributed by atoms with Gasteiger partial charge in [-0.05, 0) is 18.8 Å². The van der Waals surface area contributed by atoms with Crippen molar-refractivity contribution in [2.24, 2.45) is 5.92 Å². The molecule has 0 radical (unpaired) electrons. The third-order valence-corrected chi connectivity index (χ3v) is 1.76. The first kappa shape index (κ1) is 6.64. The Hall–Kier alpha value is -1.06. The molecule has 11 heavy (non-hydrogen) atoms. The van der Waals surface area contributed by atoms with Crippen LogP contribution in [-0.4, -0.2) is 16.7 Å². The number of nitrogens with zero attached hydrogens (tertiary/aromatic N) is 2. The number of hydrogen-bond acceptors (Lipinski definition) is 4. The predicted octanol–water partition coefficient (Wildman–Crippen LogP) is 1.20. The average Bonchev–Trinajstić information content (AvgIpc) is 2.72. The van der Waals surface area contributed by atoms with Crippen LogP contribution in [0.5, 0.6) is 0 Å². The van der Waals surface area contributed by atoms with Crippen molar-refractivity contribution in [3.63, 3.8) is 0 Å². The zero-order valence-corrected chi connectivity index (χ0v) is 6.50. The lowest BCUT2D eigenvalue weighted by Gasteiger charge is -1.95. The van der Waals surface area contributed by atoms with Crippen molar-refractivity contribution in [2.45, 2.75) is 19.8 Å². The Balaban J connectivity index is 1.85. The van der Waals surface area contributed by atoms with Gasteiger partial charge in [-0.1, -0.05) is 5.10 Å². The van der Waals surface area contributed by atoms with E-state index in [0.717, 1.165) is 12.5 Å². The molecule has 0 aliphatic heterocycles. The Kier molecular flexibility index (Phi) is 1.52. The Morgan fingerprint density at radius 3 is 2.91 bits per heavy atom. The van der Waals surface area contributed by atoms with Crippen molar-refractivity contribution in [3.8, 4) is 0 Å². The summed E-state index contributed by atoms with van der Waals surface area (Å²) >= 11 is 0. The minimum absolute atomic E-state index is 0.550. The summed E-state index contributed by atoms with van der Waals surface area (Å²) in [5.41, 5.74) is 0. The molecule has 60 valence electrons. The van der Waals surface area contributed by atoms with Gasteiger partial charge in [0.2, 0.25) is 5.89 Å². The summed E-state index contributed by atoms with van der Waals surface area (Å²) < 4.78 is 5.13. The second kappa shape index (κ2) is 2.53. The number of rotatable bonds is 3. The van der Waals surface area contributed by atoms with Gasteiger partial charge in [0.15, 0.2) is 0 Å². The molecule has 1 aromatic heterocycles. The molecule has 1 aromatic rings. The van der Waals surface area contributed by atoms with Crippen LogP contribution in [-0.2, 0) is 0 Å². The SMILES string of the molecule is Cc1nnc(NCC2CC2)o1. The van der Waals surface area contributed by atoms with E-state index in [9.17, 15) is 0 Å². The standard InChI is InChI=1S/C7H11N3O/c1-5-9-10-7(11-5)8-4-6-2-3-6/h6H,2-4H2,1H3,(H,8,10). The van der Waals surface area contributed by atoms with Gasteiger partial charge in [-0.15, -0.1) is 5.10 Å². The van der Waals surface area contributed by atoms with E-state index in [0.29, 0.717) is 11.9 Å². The number of aryl methyl sites for hydroxylation is 1. The monoisotopic (exact) mass is 153 g/mol. The van der Waals surface area contributed by atoms with E-state index in [1.165, 1.54) is 12.8 Å². The van der Waals surface area contributed by atoms with Gasteiger partial charge in [0.05, 0.1) is 0 Å². The van der Waals surface area contributed by atoms with Crippen LogP contribution in [0.1, 0.15) is 18.7 Å². The molecule has 1 aliphatic carbocycles. The molecule has 1 heterocycles. The largest absolute Gasteiger partial charge is 0.408 e. The van der Waals surface area contributed by atoms with E-state index in [4.69, 9.17) is 4.42 Å². The Bertz CT molecular complexity index is 242. The van der Waals surface area contributed by atoms with E-state index >= 15 is 0 Å². The summed E-state index contributed by atoms with van der Waals surface area (Å²) in [6.45, 7) is 2.76. The fraction of sp³-hybridized carbons (Fsp3) is 0.714. The quantitative estimate of drug-likeness (QED) is 0.708. The van der Waals surface area contributed by atoms with E-state index in [-0.39, 0.29) is 0 Å². The molecule has 4 nitrogen and oxygen atoms in total. The number of nitrogens with one attached hydrogen (secondary N) is 1. The smallest absolute Gasteiger partial charge is 0.315 e. The van der Waals surface area contributed by atoms with Crippen LogP contribution in [0.15, 0.2) is 4.42 Å². The molecule has 4 heteroatoms. The maximum atomic E-state index is 5.13. The van der Waals surface area contributed by atoms with Crippen LogP contribution in [0.3, 0.4) is 0 Å². The van der Waals surface area contributed by atoms with Gasteiger partial charge in [-0.25, -0.2) is 0 Å². The van der Waals surface area contributed by atoms with Gasteiger partial charge < -0.3 is 9.73 Å². The van der Waals surface area contributed by atoms with E-state index in [1.807, 2.05) is 0 Å². The molecule has 1 saturated carbocycles. The van der Waals surface area contributed by atoms with Gasteiger partial charge in [0, 0.05) is 13.5 Å². The highest BCUT2D eigenvalue weighted by atomic mass is 16.4. The predicted molar refractivity (Wildman–Crippen MR) is 40.2 cm³/mol. The van der Waals surface area contributed by atoms with E-state index < -0.39 is 0 Å². The Morgan fingerprint density at radius 2 is 2.36 bits per heavy atom. The summed E-state index contributed by atoms with van der Waals surface area (Å²) in [4.78, 5) is 0. The molecule has 1 aliphatic rings. The molecule has 1 N–H and O–H groups in total. The lowest BCUT2D eigenvalue weighted by atomic mass is 10.4. The first-order chi connectivity index (χ1) is 5.34. The molecule has 0 aromatic carbocycles. The van der Waals surface area contributed by atoms with Gasteiger partial charge in [0.1, 0.15) is 0 Å². The normalized spacial score (nSPS) is 16.8. The van der Waals surface area contributed by atoms with Crippen LogP contribution in [0.2, 0.25) is 0 Å². The van der Waals surface area contributed by atoms with Crippen LogP contribution in [0.25, 0.3) is 0 Å². The zero-order valence-electron chi connectivity index (χ0n) is 6.50. The van der Waals surface area contributed by atoms with E-state index in [1.54, 1.807) is 6.92 Å². The third kappa shape index (κ3) is 1.69. The third-order valence-electron chi connectivity index (χ3n) is 1.76. The molecule has 0 unspecified atom stereocenters. The highest BCUT2D eigenvalue weighted by molar-refractivity contribution is 5.17. The summed E-state index contributed by atoms with van der Waals surface area (Å²) in [5, 5.41) is 10.6. The highest BCUT2D eigenvalue weighted by Gasteiger charge is 2.21. The Labute approximate surface area is 65.0 Å². The summed E-state index contributed by atoms with van der Waals surface area (Å²) in [6.07, 6.45) is 2.67. The lowest BCUT2D eigenvalue weighted by Crippen LogP contribution is -2.02. The molecule has 0 atom stereocenters. The van der Waals surface area contributed by atoms with Crippen molar-refractivity contribution in [2.75, 3.05) is 11.9 Å². The fourth-order valence-corrected chi connectivity index (χ4v) is 0.922. The number of anilines is 1. The van der Waals surface area contributed by atoms with Gasteiger partial charge in [0.25, 0.3) is 0 Å². The van der Waals surface area contributed by atoms with Gasteiger partial charge in [-0.2, -0.15) is 0 Å². The average molecular weight is 153 g/mol. The Morgan fingerprint density at radius 1 is 1.55 bits per heavy atom. The van der Waals surface area contributed by atoms with Crippen molar-refractivity contribution >= 4 is 6.01 Å². The van der Waals surface area contributed by atoms with Gasteiger partial charge in [-0.3, -0.25) is 0 Å². The molecule has 2 rings (SSSR count). The van der Waals surface area contributed by atoms with Gasteiger partial charge >= 0.3 is 6.01 Å². The van der Waals surface area contributed by atoms with Crippen LogP contribution >= 0.6 is 0 Å². The maximum Gasteiger partial charge on any atom is 0.315 e. The maximum absolute atomic E-state index is 5.13. The minimum atomic E-state index is 0.550. The lowest BCUT2D eigenvalue weighted by molar-refractivity contribution is 0.529. The summed E-state index contributed by atoms with van der Waals surface area (Å²) in [7, 11) is 0. The second-order valence-corrected chi connectivity index (χ2v) is 2.95. The minimum Gasteiger partial charge on any atom is -0.408 e. The topological polar surface area (TPSA) is 51.0 Å². The number of hydrogen-bond donors (Lipinski definition) is 1. The summed E-state index contributed by atoms with van der Waals surface area (Å²) in [5.74, 6) is 1.45. The van der Waals surface area contributed by atoms with Crippen molar-refractivity contribution in [1.82, 2.24) is 10.2 Å². The number of aromatic nitrogens is 2.